The van der Waals surface area contributed by atoms with Crippen LogP contribution in [0.4, 0.5) is 0 Å². The molecule has 0 spiro atoms. The van der Waals surface area contributed by atoms with Gasteiger partial charge < -0.3 is 19.5 Å². The molecule has 6 heteroatoms. The van der Waals surface area contributed by atoms with Crippen molar-refractivity contribution in [3.8, 4) is 11.5 Å². The number of ether oxygens (including phenoxy) is 2. The van der Waals surface area contributed by atoms with Gasteiger partial charge >= 0.3 is 5.97 Å². The topological polar surface area (TPSA) is 76.1 Å². The quantitative estimate of drug-likeness (QED) is 0.895. The standard InChI is InChI=1S/C21H23NO5/c1-11-6-7-13(12(2)8-11)19-18(21(24)25)14-9-16(26-4)17(27-5)10-15(14)20(23)22(19)3/h6-10,18-19H,1-5H3,(H,24,25)/t18-,19-/m0/s1. The van der Waals surface area contributed by atoms with E-state index in [4.69, 9.17) is 9.47 Å². The first-order valence-electron chi connectivity index (χ1n) is 8.63. The Morgan fingerprint density at radius 1 is 1.04 bits per heavy atom. The van der Waals surface area contributed by atoms with E-state index in [1.54, 1.807) is 19.2 Å². The van der Waals surface area contributed by atoms with Crippen molar-refractivity contribution >= 4 is 11.9 Å². The molecule has 6 nitrogen and oxygen atoms in total. The van der Waals surface area contributed by atoms with Crippen LogP contribution >= 0.6 is 0 Å². The maximum atomic E-state index is 13.1. The van der Waals surface area contributed by atoms with E-state index in [0.29, 0.717) is 22.6 Å². The molecule has 2 aromatic carbocycles. The Hall–Kier alpha value is -3.02. The molecule has 1 aliphatic heterocycles. The Labute approximate surface area is 158 Å². The van der Waals surface area contributed by atoms with Crippen molar-refractivity contribution in [3.63, 3.8) is 0 Å². The van der Waals surface area contributed by atoms with Crippen molar-refractivity contribution in [3.05, 3.63) is 58.1 Å². The Morgan fingerprint density at radius 2 is 1.67 bits per heavy atom. The minimum absolute atomic E-state index is 0.242. The molecule has 1 aliphatic rings. The molecular weight excluding hydrogens is 346 g/mol. The molecule has 2 aromatic rings. The summed E-state index contributed by atoms with van der Waals surface area (Å²) in [5, 5.41) is 10.0. The number of amides is 1. The molecule has 3 rings (SSSR count). The van der Waals surface area contributed by atoms with E-state index in [2.05, 4.69) is 0 Å². The van der Waals surface area contributed by atoms with E-state index in [-0.39, 0.29) is 5.91 Å². The van der Waals surface area contributed by atoms with Gasteiger partial charge in [0.1, 0.15) is 5.92 Å². The summed E-state index contributed by atoms with van der Waals surface area (Å²) in [6.45, 7) is 3.91. The lowest BCUT2D eigenvalue weighted by Crippen LogP contribution is -2.43. The molecule has 142 valence electrons. The molecule has 2 atom stereocenters. The number of aryl methyl sites for hydroxylation is 2. The van der Waals surface area contributed by atoms with Gasteiger partial charge in [0, 0.05) is 12.6 Å². The lowest BCUT2D eigenvalue weighted by atomic mass is 9.78. The van der Waals surface area contributed by atoms with Gasteiger partial charge in [0.25, 0.3) is 5.91 Å². The molecule has 0 aromatic heterocycles. The third-order valence-corrected chi connectivity index (χ3v) is 5.18. The van der Waals surface area contributed by atoms with Crippen molar-refractivity contribution in [2.75, 3.05) is 21.3 Å². The highest BCUT2D eigenvalue weighted by atomic mass is 16.5. The third-order valence-electron chi connectivity index (χ3n) is 5.18. The summed E-state index contributed by atoms with van der Waals surface area (Å²) in [6, 6.07) is 8.39. The molecular formula is C21H23NO5. The van der Waals surface area contributed by atoms with Gasteiger partial charge in [-0.05, 0) is 42.7 Å². The van der Waals surface area contributed by atoms with E-state index in [0.717, 1.165) is 16.7 Å². The van der Waals surface area contributed by atoms with Crippen LogP contribution in [0.2, 0.25) is 0 Å². The van der Waals surface area contributed by atoms with Crippen LogP contribution in [0.5, 0.6) is 11.5 Å². The van der Waals surface area contributed by atoms with Gasteiger partial charge in [0.15, 0.2) is 11.5 Å². The number of methoxy groups -OCH3 is 2. The van der Waals surface area contributed by atoms with Gasteiger partial charge in [-0.25, -0.2) is 0 Å². The molecule has 1 heterocycles. The van der Waals surface area contributed by atoms with E-state index in [9.17, 15) is 14.7 Å². The monoisotopic (exact) mass is 369 g/mol. The number of benzene rings is 2. The van der Waals surface area contributed by atoms with Gasteiger partial charge in [-0.2, -0.15) is 0 Å². The number of hydrogen-bond acceptors (Lipinski definition) is 4. The van der Waals surface area contributed by atoms with Crippen molar-refractivity contribution < 1.29 is 24.2 Å². The highest BCUT2D eigenvalue weighted by molar-refractivity contribution is 6.01. The first-order chi connectivity index (χ1) is 12.8. The molecule has 0 bridgehead atoms. The van der Waals surface area contributed by atoms with E-state index in [1.165, 1.54) is 19.1 Å². The lowest BCUT2D eigenvalue weighted by Gasteiger charge is -2.39. The Balaban J connectivity index is 2.26. The van der Waals surface area contributed by atoms with Gasteiger partial charge in [-0.1, -0.05) is 23.8 Å². The van der Waals surface area contributed by atoms with Crippen molar-refractivity contribution in [2.24, 2.45) is 0 Å². The molecule has 1 amide bonds. The third kappa shape index (κ3) is 3.01. The Bertz CT molecular complexity index is 921. The molecule has 0 aliphatic carbocycles. The molecule has 0 unspecified atom stereocenters. The molecule has 0 radical (unpaired) electrons. The number of nitrogens with zero attached hydrogens (tertiary/aromatic N) is 1. The van der Waals surface area contributed by atoms with Gasteiger partial charge in [-0.15, -0.1) is 0 Å². The van der Waals surface area contributed by atoms with Crippen LogP contribution < -0.4 is 9.47 Å². The summed E-state index contributed by atoms with van der Waals surface area (Å²) in [5.41, 5.74) is 3.62. The lowest BCUT2D eigenvalue weighted by molar-refractivity contribution is -0.140. The normalized spacial score (nSPS) is 18.9. The van der Waals surface area contributed by atoms with Crippen LogP contribution in [-0.4, -0.2) is 43.2 Å². The minimum Gasteiger partial charge on any atom is -0.493 e. The van der Waals surface area contributed by atoms with Crippen LogP contribution in [0.15, 0.2) is 30.3 Å². The Kier molecular flexibility index (Phi) is 4.83. The van der Waals surface area contributed by atoms with Gasteiger partial charge in [-0.3, -0.25) is 9.59 Å². The fraction of sp³-hybridized carbons (Fsp3) is 0.333. The van der Waals surface area contributed by atoms with Crippen LogP contribution in [0.3, 0.4) is 0 Å². The number of carboxylic acid groups (broad SMARTS) is 1. The molecule has 0 saturated heterocycles. The Morgan fingerprint density at radius 3 is 2.22 bits per heavy atom. The van der Waals surface area contributed by atoms with Crippen LogP contribution in [0, 0.1) is 13.8 Å². The highest BCUT2D eigenvalue weighted by Gasteiger charge is 2.44. The molecule has 27 heavy (non-hydrogen) atoms. The zero-order valence-electron chi connectivity index (χ0n) is 16.1. The molecule has 0 fully saturated rings. The van der Waals surface area contributed by atoms with Gasteiger partial charge in [0.2, 0.25) is 0 Å². The maximum absolute atomic E-state index is 13.1. The van der Waals surface area contributed by atoms with Crippen LogP contribution in [0.25, 0.3) is 0 Å². The summed E-state index contributed by atoms with van der Waals surface area (Å²) in [7, 11) is 4.61. The largest absolute Gasteiger partial charge is 0.493 e. The SMILES string of the molecule is COc1cc2c(cc1OC)[C@H](C(=O)O)[C@H](c1ccc(C)cc1C)N(C)C2=O. The number of likely N-dealkylation sites (N-methyl/N-ethyl adjacent to an activating group) is 1. The summed E-state index contributed by atoms with van der Waals surface area (Å²) in [4.78, 5) is 26.8. The van der Waals surface area contributed by atoms with Crippen molar-refractivity contribution in [1.82, 2.24) is 4.90 Å². The summed E-state index contributed by atoms with van der Waals surface area (Å²) in [6.07, 6.45) is 0. The zero-order chi connectivity index (χ0) is 19.9. The minimum atomic E-state index is -0.993. The number of hydrogen-bond donors (Lipinski definition) is 1. The predicted molar refractivity (Wildman–Crippen MR) is 101 cm³/mol. The first kappa shape index (κ1) is 18.8. The average molecular weight is 369 g/mol. The first-order valence-corrected chi connectivity index (χ1v) is 8.63. The smallest absolute Gasteiger partial charge is 0.313 e. The summed E-state index contributed by atoms with van der Waals surface area (Å²) < 4.78 is 10.6. The van der Waals surface area contributed by atoms with Crippen molar-refractivity contribution in [2.45, 2.75) is 25.8 Å². The number of carbonyl (C=O) groups is 2. The number of rotatable bonds is 4. The predicted octanol–water partition coefficient (Wildman–Crippen LogP) is 3.32. The van der Waals surface area contributed by atoms with Crippen LogP contribution in [-0.2, 0) is 4.79 Å². The summed E-state index contributed by atoms with van der Waals surface area (Å²) in [5.74, 6) is -1.35. The summed E-state index contributed by atoms with van der Waals surface area (Å²) >= 11 is 0. The fourth-order valence-corrected chi connectivity index (χ4v) is 3.86. The van der Waals surface area contributed by atoms with E-state index in [1.807, 2.05) is 32.0 Å². The fourth-order valence-electron chi connectivity index (χ4n) is 3.86. The molecule has 0 saturated carbocycles. The number of aliphatic carboxylic acids is 1. The number of carbonyl (C=O) groups excluding carboxylic acids is 1. The average Bonchev–Trinajstić information content (AvgIpc) is 2.63. The van der Waals surface area contributed by atoms with Crippen molar-refractivity contribution in [1.29, 1.82) is 0 Å². The molecule has 1 N–H and O–H groups in total. The second-order valence-corrected chi connectivity index (χ2v) is 6.83. The van der Waals surface area contributed by atoms with E-state index >= 15 is 0 Å². The second kappa shape index (κ2) is 6.95. The van der Waals surface area contributed by atoms with E-state index < -0.39 is 17.9 Å². The number of carboxylic acids is 1. The zero-order valence-corrected chi connectivity index (χ0v) is 16.1. The van der Waals surface area contributed by atoms with Gasteiger partial charge in [0.05, 0.1) is 20.3 Å². The highest BCUT2D eigenvalue weighted by Crippen LogP contribution is 2.46. The number of fused-ring (bicyclic) bond motifs is 1. The van der Waals surface area contributed by atoms with Crippen LogP contribution in [0.1, 0.15) is 44.6 Å². The maximum Gasteiger partial charge on any atom is 0.313 e. The second-order valence-electron chi connectivity index (χ2n) is 6.83.